The van der Waals surface area contributed by atoms with Gasteiger partial charge < -0.3 is 14.7 Å². The molecule has 0 unspecified atom stereocenters. The SMILES string of the molecule is COC(=O)c1nc(C2CC2)nc(N(CCO)Cc2ccc(Cl)nc2)c1Cl. The highest BCUT2D eigenvalue weighted by Crippen LogP contribution is 2.40. The Morgan fingerprint density at radius 2 is 2.12 bits per heavy atom. The standard InChI is InChI=1S/C17H18Cl2N4O3/c1-26-17(25)14-13(19)16(22-15(21-14)11-3-4-11)23(6-7-24)9-10-2-5-12(18)20-8-10/h2,5,8,11,24H,3-4,6-7,9H2,1H3. The minimum Gasteiger partial charge on any atom is -0.464 e. The summed E-state index contributed by atoms with van der Waals surface area (Å²) in [6.45, 7) is 0.573. The monoisotopic (exact) mass is 396 g/mol. The molecule has 7 nitrogen and oxygen atoms in total. The summed E-state index contributed by atoms with van der Waals surface area (Å²) in [7, 11) is 1.28. The van der Waals surface area contributed by atoms with Crippen molar-refractivity contribution in [1.82, 2.24) is 15.0 Å². The van der Waals surface area contributed by atoms with Crippen molar-refractivity contribution in [2.75, 3.05) is 25.2 Å². The van der Waals surface area contributed by atoms with Gasteiger partial charge >= 0.3 is 5.97 Å². The van der Waals surface area contributed by atoms with Gasteiger partial charge in [0.2, 0.25) is 0 Å². The highest BCUT2D eigenvalue weighted by molar-refractivity contribution is 6.35. The number of halogens is 2. The average Bonchev–Trinajstić information content (AvgIpc) is 3.48. The lowest BCUT2D eigenvalue weighted by Gasteiger charge is -2.25. The number of aliphatic hydroxyl groups is 1. The first-order valence-electron chi connectivity index (χ1n) is 8.15. The van der Waals surface area contributed by atoms with Crippen LogP contribution in [0.4, 0.5) is 5.82 Å². The van der Waals surface area contributed by atoms with Gasteiger partial charge in [-0.25, -0.2) is 19.7 Å². The van der Waals surface area contributed by atoms with Gasteiger partial charge in [0.25, 0.3) is 0 Å². The Morgan fingerprint density at radius 3 is 2.69 bits per heavy atom. The first-order valence-corrected chi connectivity index (χ1v) is 8.91. The second-order valence-corrected chi connectivity index (χ2v) is 6.73. The number of hydrogen-bond donors (Lipinski definition) is 1. The van der Waals surface area contributed by atoms with E-state index in [0.29, 0.717) is 23.3 Å². The minimum atomic E-state index is -0.613. The fourth-order valence-electron chi connectivity index (χ4n) is 2.52. The van der Waals surface area contributed by atoms with Crippen molar-refractivity contribution in [1.29, 1.82) is 0 Å². The Labute approximate surface area is 160 Å². The second kappa shape index (κ2) is 8.16. The van der Waals surface area contributed by atoms with E-state index in [9.17, 15) is 9.90 Å². The van der Waals surface area contributed by atoms with Gasteiger partial charge in [0.1, 0.15) is 16.0 Å². The Hall–Kier alpha value is -1.96. The Kier molecular flexibility index (Phi) is 5.90. The van der Waals surface area contributed by atoms with Crippen LogP contribution in [0.25, 0.3) is 0 Å². The molecule has 0 saturated heterocycles. The zero-order valence-electron chi connectivity index (χ0n) is 14.2. The van der Waals surface area contributed by atoms with Gasteiger partial charge in [-0.05, 0) is 24.5 Å². The predicted octanol–water partition coefficient (Wildman–Crippen LogP) is 2.84. The number of aliphatic hydroxyl groups excluding tert-OH is 1. The van der Waals surface area contributed by atoms with E-state index >= 15 is 0 Å². The highest BCUT2D eigenvalue weighted by atomic mass is 35.5. The van der Waals surface area contributed by atoms with E-state index in [0.717, 1.165) is 18.4 Å². The van der Waals surface area contributed by atoms with Gasteiger partial charge in [-0.3, -0.25) is 0 Å². The first kappa shape index (κ1) is 18.8. The topological polar surface area (TPSA) is 88.4 Å². The molecule has 0 aromatic carbocycles. The van der Waals surface area contributed by atoms with Crippen LogP contribution in [-0.2, 0) is 11.3 Å². The van der Waals surface area contributed by atoms with Crippen LogP contribution in [0.5, 0.6) is 0 Å². The molecule has 2 aromatic heterocycles. The molecule has 0 bridgehead atoms. The number of hydrogen-bond acceptors (Lipinski definition) is 7. The quantitative estimate of drug-likeness (QED) is 0.568. The van der Waals surface area contributed by atoms with Crippen LogP contribution in [0.15, 0.2) is 18.3 Å². The molecule has 1 saturated carbocycles. The van der Waals surface area contributed by atoms with Crippen molar-refractivity contribution in [2.24, 2.45) is 0 Å². The van der Waals surface area contributed by atoms with Crippen LogP contribution in [0.2, 0.25) is 10.2 Å². The molecule has 138 valence electrons. The van der Waals surface area contributed by atoms with E-state index in [-0.39, 0.29) is 29.8 Å². The molecule has 1 aliphatic rings. The molecule has 2 heterocycles. The Bertz CT molecular complexity index is 797. The minimum absolute atomic E-state index is 0.0400. The van der Waals surface area contributed by atoms with E-state index in [4.69, 9.17) is 27.9 Å². The summed E-state index contributed by atoms with van der Waals surface area (Å²) in [4.78, 5) is 26.8. The predicted molar refractivity (Wildman–Crippen MR) is 97.7 cm³/mol. The number of pyridine rings is 1. The summed E-state index contributed by atoms with van der Waals surface area (Å²) < 4.78 is 4.79. The molecule has 0 amide bonds. The molecule has 3 rings (SSSR count). The Balaban J connectivity index is 2.00. The van der Waals surface area contributed by atoms with E-state index in [1.165, 1.54) is 7.11 Å². The van der Waals surface area contributed by atoms with Crippen molar-refractivity contribution in [3.8, 4) is 0 Å². The molecule has 2 aromatic rings. The number of esters is 1. The lowest BCUT2D eigenvalue weighted by molar-refractivity contribution is 0.0593. The summed E-state index contributed by atoms with van der Waals surface area (Å²) in [6, 6.07) is 3.52. The maximum atomic E-state index is 12.1. The third-order valence-corrected chi connectivity index (χ3v) is 4.58. The number of ether oxygens (including phenoxy) is 1. The molecule has 0 radical (unpaired) electrons. The van der Waals surface area contributed by atoms with E-state index in [1.54, 1.807) is 17.2 Å². The van der Waals surface area contributed by atoms with Gasteiger partial charge in [-0.2, -0.15) is 0 Å². The fourth-order valence-corrected chi connectivity index (χ4v) is 2.91. The number of methoxy groups -OCH3 is 1. The van der Waals surface area contributed by atoms with Gasteiger partial charge in [-0.15, -0.1) is 0 Å². The molecule has 26 heavy (non-hydrogen) atoms. The maximum absolute atomic E-state index is 12.1. The van der Waals surface area contributed by atoms with Crippen LogP contribution in [0.3, 0.4) is 0 Å². The highest BCUT2D eigenvalue weighted by Gasteiger charge is 2.31. The third-order valence-electron chi connectivity index (χ3n) is 4.00. The zero-order valence-corrected chi connectivity index (χ0v) is 15.7. The molecular weight excluding hydrogens is 379 g/mol. The van der Waals surface area contributed by atoms with Gasteiger partial charge in [0.05, 0.1) is 13.7 Å². The van der Waals surface area contributed by atoms with Gasteiger partial charge in [0, 0.05) is 25.2 Å². The molecule has 1 aliphatic carbocycles. The molecule has 0 aliphatic heterocycles. The third kappa shape index (κ3) is 4.23. The van der Waals surface area contributed by atoms with Crippen molar-refractivity contribution in [2.45, 2.75) is 25.3 Å². The van der Waals surface area contributed by atoms with E-state index < -0.39 is 5.97 Å². The van der Waals surface area contributed by atoms with Gasteiger partial charge in [-0.1, -0.05) is 29.3 Å². The fraction of sp³-hybridized carbons (Fsp3) is 0.412. The van der Waals surface area contributed by atoms with Crippen LogP contribution in [-0.4, -0.2) is 46.3 Å². The first-order chi connectivity index (χ1) is 12.5. The van der Waals surface area contributed by atoms with E-state index in [2.05, 4.69) is 15.0 Å². The van der Waals surface area contributed by atoms with Crippen LogP contribution in [0.1, 0.15) is 40.6 Å². The zero-order chi connectivity index (χ0) is 18.7. The van der Waals surface area contributed by atoms with Crippen molar-refractivity contribution < 1.29 is 14.6 Å². The summed E-state index contributed by atoms with van der Waals surface area (Å²) in [5.74, 6) is 0.579. The van der Waals surface area contributed by atoms with Gasteiger partial charge in [0.15, 0.2) is 11.5 Å². The number of anilines is 1. The molecule has 0 atom stereocenters. The van der Waals surface area contributed by atoms with Crippen molar-refractivity contribution in [3.05, 3.63) is 45.6 Å². The summed E-state index contributed by atoms with van der Waals surface area (Å²) >= 11 is 12.2. The number of carbonyl (C=O) groups is 1. The number of aromatic nitrogens is 3. The lowest BCUT2D eigenvalue weighted by Crippen LogP contribution is -2.28. The number of carbonyl (C=O) groups excluding carboxylic acids is 1. The van der Waals surface area contributed by atoms with E-state index in [1.807, 2.05) is 6.07 Å². The summed E-state index contributed by atoms with van der Waals surface area (Å²) in [5.41, 5.74) is 0.906. The number of rotatable bonds is 7. The summed E-state index contributed by atoms with van der Waals surface area (Å²) in [6.07, 6.45) is 3.59. The maximum Gasteiger partial charge on any atom is 0.358 e. The average molecular weight is 397 g/mol. The molecule has 1 fully saturated rings. The normalized spacial score (nSPS) is 13.5. The smallest absolute Gasteiger partial charge is 0.358 e. The Morgan fingerprint density at radius 1 is 1.35 bits per heavy atom. The van der Waals surface area contributed by atoms with Crippen LogP contribution >= 0.6 is 23.2 Å². The van der Waals surface area contributed by atoms with Crippen molar-refractivity contribution in [3.63, 3.8) is 0 Å². The number of nitrogens with zero attached hydrogens (tertiary/aromatic N) is 4. The summed E-state index contributed by atoms with van der Waals surface area (Å²) in [5, 5.41) is 9.97. The lowest BCUT2D eigenvalue weighted by atomic mass is 10.2. The second-order valence-electron chi connectivity index (χ2n) is 5.97. The van der Waals surface area contributed by atoms with Crippen molar-refractivity contribution >= 4 is 35.0 Å². The van der Waals surface area contributed by atoms with Crippen LogP contribution < -0.4 is 4.90 Å². The molecule has 1 N–H and O–H groups in total. The molecule has 9 heteroatoms. The molecule has 0 spiro atoms. The van der Waals surface area contributed by atoms with Crippen LogP contribution in [0, 0.1) is 0 Å². The largest absolute Gasteiger partial charge is 0.464 e. The molecular formula is C17H18Cl2N4O3.